The predicted molar refractivity (Wildman–Crippen MR) is 91.8 cm³/mol. The zero-order valence-electron chi connectivity index (χ0n) is 15.9. The van der Waals surface area contributed by atoms with Crippen LogP contribution < -0.4 is 0 Å². The van der Waals surface area contributed by atoms with Crippen molar-refractivity contribution in [3.63, 3.8) is 0 Å². The molecule has 27 heavy (non-hydrogen) atoms. The average molecular weight is 407 g/mol. The molecule has 164 valence electrons. The Morgan fingerprint density at radius 1 is 0.444 bits per heavy atom. The second kappa shape index (κ2) is 20.3. The van der Waals surface area contributed by atoms with E-state index in [1.165, 1.54) is 0 Å². The van der Waals surface area contributed by atoms with Crippen molar-refractivity contribution in [2.45, 2.75) is 0 Å². The summed E-state index contributed by atoms with van der Waals surface area (Å²) in [7, 11) is -3.59. The summed E-state index contributed by atoms with van der Waals surface area (Å²) in [4.78, 5) is 0. The van der Waals surface area contributed by atoms with Crippen LogP contribution in [0.4, 0.5) is 12.9 Å². The lowest BCUT2D eigenvalue weighted by molar-refractivity contribution is -0.0206. The van der Waals surface area contributed by atoms with Crippen molar-refractivity contribution >= 4 is 7.18 Å². The van der Waals surface area contributed by atoms with Gasteiger partial charge in [-0.1, -0.05) is 0 Å². The summed E-state index contributed by atoms with van der Waals surface area (Å²) >= 11 is 0. The molecule has 0 atom stereocenters. The lowest BCUT2D eigenvalue weighted by Crippen LogP contribution is -2.23. The van der Waals surface area contributed by atoms with Crippen LogP contribution in [0.3, 0.4) is 0 Å². The predicted octanol–water partition coefficient (Wildman–Crippen LogP) is 1.09. The lowest BCUT2D eigenvalue weighted by atomic mass is 10.3. The highest BCUT2D eigenvalue weighted by molar-refractivity contribution is 6.51. The first kappa shape index (κ1) is 26.5. The second-order valence-electron chi connectivity index (χ2n) is 5.05. The van der Waals surface area contributed by atoms with Gasteiger partial charge in [0.2, 0.25) is 0 Å². The van der Waals surface area contributed by atoms with Crippen LogP contribution in [0, 0.1) is 0 Å². The molecule has 0 radical (unpaired) electrons. The molecule has 0 saturated carbocycles. The number of hydrogen-bond acceptors (Lipinski definition) is 8. The van der Waals surface area contributed by atoms with Gasteiger partial charge in [0.25, 0.3) is 0 Å². The molecule has 0 aromatic carbocycles. The van der Waals surface area contributed by atoms with Crippen LogP contribution in [0.5, 0.6) is 0 Å². The highest BCUT2D eigenvalue weighted by Gasteiger charge is 2.24. The van der Waals surface area contributed by atoms with Crippen LogP contribution in [0.1, 0.15) is 0 Å². The maximum Gasteiger partial charge on any atom is 0.637 e. The zero-order valence-corrected chi connectivity index (χ0v) is 15.9. The van der Waals surface area contributed by atoms with E-state index in [2.05, 4.69) is 4.65 Å². The Balaban J connectivity index is 3.01. The summed E-state index contributed by atoms with van der Waals surface area (Å²) in [5.41, 5.74) is 0. The first-order valence-electron chi connectivity index (χ1n) is 8.84. The first-order chi connectivity index (χ1) is 13.1. The van der Waals surface area contributed by atoms with E-state index in [0.29, 0.717) is 66.1 Å². The van der Waals surface area contributed by atoms with E-state index in [-0.39, 0.29) is 19.8 Å². The third-order valence-corrected chi connectivity index (χ3v) is 2.83. The maximum atomic E-state index is 11.7. The molecule has 8 nitrogen and oxygen atoms in total. The van der Waals surface area contributed by atoms with Gasteiger partial charge >= 0.3 is 7.18 Å². The molecule has 0 rings (SSSR count). The summed E-state index contributed by atoms with van der Waals surface area (Å²) in [6.45, 7) is 4.68. The van der Waals surface area contributed by atoms with Crippen molar-refractivity contribution < 1.29 is 50.8 Å². The Kier molecular flexibility index (Phi) is 19.9. The van der Waals surface area contributed by atoms with E-state index in [1.807, 2.05) is 0 Å². The number of halogens is 3. The molecule has 0 N–H and O–H groups in total. The molecule has 12 heteroatoms. The van der Waals surface area contributed by atoms with E-state index in [4.69, 9.17) is 33.2 Å². The average Bonchev–Trinajstić information content (AvgIpc) is 2.62. The van der Waals surface area contributed by atoms with Crippen LogP contribution in [0.2, 0.25) is 0 Å². The van der Waals surface area contributed by atoms with Crippen molar-refractivity contribution in [1.82, 2.24) is 0 Å². The van der Waals surface area contributed by atoms with Gasteiger partial charge < -0.3 is 50.8 Å². The van der Waals surface area contributed by atoms with Gasteiger partial charge in [-0.3, -0.25) is 0 Å². The molecular weight excluding hydrogens is 376 g/mol. The number of methoxy groups -OCH3 is 1. The summed E-state index contributed by atoms with van der Waals surface area (Å²) in [5.74, 6) is 0. The van der Waals surface area contributed by atoms with Crippen LogP contribution in [-0.4, -0.2) is 107 Å². The molecule has 0 aliphatic rings. The largest absolute Gasteiger partial charge is 0.637 e. The van der Waals surface area contributed by atoms with E-state index in [0.717, 1.165) is 0 Å². The third-order valence-electron chi connectivity index (χ3n) is 2.83. The van der Waals surface area contributed by atoms with Crippen molar-refractivity contribution in [1.29, 1.82) is 0 Å². The fourth-order valence-corrected chi connectivity index (χ4v) is 1.58. The van der Waals surface area contributed by atoms with Crippen molar-refractivity contribution in [2.75, 3.05) is 99.6 Å². The Morgan fingerprint density at radius 2 is 0.704 bits per heavy atom. The summed E-state index contributed by atoms with van der Waals surface area (Å²) in [6.07, 6.45) is 0. The number of rotatable bonds is 22. The van der Waals surface area contributed by atoms with Crippen molar-refractivity contribution in [2.24, 2.45) is 0 Å². The van der Waals surface area contributed by atoms with Gasteiger partial charge in [-0.2, -0.15) is 0 Å². The molecule has 0 saturated heterocycles. The molecule has 0 aromatic heterocycles. The molecule has 0 fully saturated rings. The molecule has 0 spiro atoms. The molecule has 0 aliphatic carbocycles. The minimum absolute atomic E-state index is 0.122. The van der Waals surface area contributed by atoms with E-state index in [9.17, 15) is 12.9 Å². The van der Waals surface area contributed by atoms with Crippen molar-refractivity contribution in [3.8, 4) is 0 Å². The lowest BCUT2D eigenvalue weighted by Gasteiger charge is -2.15. The van der Waals surface area contributed by atoms with Gasteiger partial charge in [0.1, 0.15) is 0 Å². The zero-order chi connectivity index (χ0) is 20.1. The molecule has 0 unspecified atom stereocenters. The fourth-order valence-electron chi connectivity index (χ4n) is 1.58. The van der Waals surface area contributed by atoms with Gasteiger partial charge in [-0.05, 0) is 0 Å². The maximum absolute atomic E-state index is 11.7. The third kappa shape index (κ3) is 25.5. The Morgan fingerprint density at radius 3 is 0.963 bits per heavy atom. The van der Waals surface area contributed by atoms with E-state index >= 15 is 0 Å². The van der Waals surface area contributed by atoms with Crippen LogP contribution in [-0.2, 0) is 37.8 Å². The number of hydrogen-bond donors (Lipinski definition) is 0. The highest BCUT2D eigenvalue weighted by Crippen LogP contribution is 2.08. The molecule has 0 aliphatic heterocycles. The standard InChI is InChI=1S/C15H31BF3O8/c1-20-2-3-21-4-5-22-6-7-23-8-9-24-10-11-25-12-13-26-14-15-27-16(17,18)19/h2-15H2,1H3/q-1. The quantitative estimate of drug-likeness (QED) is 0.195. The first-order valence-corrected chi connectivity index (χ1v) is 8.84. The van der Waals surface area contributed by atoms with Gasteiger partial charge in [-0.15, -0.1) is 0 Å². The number of ether oxygens (including phenoxy) is 7. The van der Waals surface area contributed by atoms with Crippen LogP contribution in [0.25, 0.3) is 0 Å². The smallest absolute Gasteiger partial charge is 0.506 e. The minimum atomic E-state index is -5.21. The van der Waals surface area contributed by atoms with Gasteiger partial charge in [0, 0.05) is 13.7 Å². The monoisotopic (exact) mass is 407 g/mol. The molecular formula is C15H31BF3O8-. The Bertz CT molecular complexity index is 301. The van der Waals surface area contributed by atoms with E-state index < -0.39 is 13.8 Å². The second-order valence-corrected chi connectivity index (χ2v) is 5.05. The Hall–Kier alpha value is -0.465. The van der Waals surface area contributed by atoms with Gasteiger partial charge in [0.05, 0.1) is 85.9 Å². The summed E-state index contributed by atoms with van der Waals surface area (Å²) < 4.78 is 74.9. The summed E-state index contributed by atoms with van der Waals surface area (Å²) in [5, 5.41) is 0. The fraction of sp³-hybridized carbons (Fsp3) is 1.00. The minimum Gasteiger partial charge on any atom is -0.506 e. The molecule has 0 amide bonds. The van der Waals surface area contributed by atoms with Gasteiger partial charge in [-0.25, -0.2) is 0 Å². The van der Waals surface area contributed by atoms with Crippen LogP contribution >= 0.6 is 0 Å². The SMILES string of the molecule is COCCOCCOCCOCCOCCOCCOCCO[B-](F)(F)F. The normalized spacial score (nSPS) is 12.0. The molecule has 0 heterocycles. The molecule has 0 aromatic rings. The Labute approximate surface area is 158 Å². The topological polar surface area (TPSA) is 73.8 Å². The van der Waals surface area contributed by atoms with Crippen LogP contribution in [0.15, 0.2) is 0 Å². The molecule has 0 bridgehead atoms. The van der Waals surface area contributed by atoms with Gasteiger partial charge in [0.15, 0.2) is 0 Å². The van der Waals surface area contributed by atoms with E-state index in [1.54, 1.807) is 7.11 Å². The van der Waals surface area contributed by atoms with Crippen molar-refractivity contribution in [3.05, 3.63) is 0 Å². The highest BCUT2D eigenvalue weighted by atomic mass is 19.4. The summed E-state index contributed by atoms with van der Waals surface area (Å²) in [6, 6.07) is 0.